The molecule has 0 radical (unpaired) electrons. The number of hydrogen-bond donors (Lipinski definition) is 4. The molecule has 0 fully saturated rings. The zero-order valence-corrected chi connectivity index (χ0v) is 28.1. The molecule has 0 spiro atoms. The highest BCUT2D eigenvalue weighted by atomic mass is 32.2. The second kappa shape index (κ2) is 14.0. The molecule has 6 N–H and O–H groups in total. The third kappa shape index (κ3) is 7.43. The van der Waals surface area contributed by atoms with Crippen LogP contribution in [-0.2, 0) is 19.4 Å². The first-order valence-electron chi connectivity index (χ1n) is 15.7. The topological polar surface area (TPSA) is 194 Å². The summed E-state index contributed by atoms with van der Waals surface area (Å²) in [6.45, 7) is 3.42. The third-order valence-electron chi connectivity index (χ3n) is 8.41. The Morgan fingerprint density at radius 2 is 0.922 bits per heavy atom. The molecule has 51 heavy (non-hydrogen) atoms. The Morgan fingerprint density at radius 1 is 0.588 bits per heavy atom. The van der Waals surface area contributed by atoms with E-state index in [1.807, 2.05) is 0 Å². The number of anilines is 2. The van der Waals surface area contributed by atoms with Gasteiger partial charge in [-0.25, -0.2) is 37.2 Å². The van der Waals surface area contributed by atoms with Crippen molar-refractivity contribution in [1.82, 2.24) is 0 Å². The van der Waals surface area contributed by atoms with Crippen LogP contribution in [0.25, 0.3) is 0 Å². The molecule has 0 saturated carbocycles. The molecule has 4 aromatic carbocycles. The van der Waals surface area contributed by atoms with Crippen molar-refractivity contribution in [1.29, 1.82) is 0 Å². The summed E-state index contributed by atoms with van der Waals surface area (Å²) in [5.74, 6) is -3.49. The first-order valence-corrected chi connectivity index (χ1v) is 17.2. The van der Waals surface area contributed by atoms with Crippen LogP contribution in [0.1, 0.15) is 25.0 Å². The molecule has 0 saturated heterocycles. The summed E-state index contributed by atoms with van der Waals surface area (Å²) in [4.78, 5) is 43.7. The lowest BCUT2D eigenvalue weighted by Crippen LogP contribution is -2.41. The fourth-order valence-corrected chi connectivity index (χ4v) is 7.15. The molecule has 0 aliphatic carbocycles. The number of nitrogens with two attached hydrogens (primary N) is 2. The van der Waals surface area contributed by atoms with Crippen LogP contribution in [-0.4, -0.2) is 55.7 Å². The number of nitrogens with one attached hydrogen (secondary N) is 2. The summed E-state index contributed by atoms with van der Waals surface area (Å²) < 4.78 is 54.1. The summed E-state index contributed by atoms with van der Waals surface area (Å²) in [6.07, 6.45) is 0. The van der Waals surface area contributed by atoms with Gasteiger partial charge in [-0.3, -0.25) is 9.59 Å². The van der Waals surface area contributed by atoms with E-state index in [4.69, 9.17) is 11.5 Å². The lowest BCUT2D eigenvalue weighted by atomic mass is 9.89. The van der Waals surface area contributed by atoms with Crippen molar-refractivity contribution >= 4 is 56.4 Å². The van der Waals surface area contributed by atoms with E-state index in [-0.39, 0.29) is 21.7 Å². The quantitative estimate of drug-likeness (QED) is 0.210. The first-order chi connectivity index (χ1) is 24.3. The van der Waals surface area contributed by atoms with E-state index in [0.717, 1.165) is 0 Å². The Hall–Kier alpha value is -6.09. The van der Waals surface area contributed by atoms with Gasteiger partial charge in [0.25, 0.3) is 0 Å². The Labute approximate surface area is 292 Å². The van der Waals surface area contributed by atoms with Crippen molar-refractivity contribution in [3.8, 4) is 0 Å². The second-order valence-electron chi connectivity index (χ2n) is 11.9. The molecule has 12 nitrogen and oxygen atoms in total. The van der Waals surface area contributed by atoms with Gasteiger partial charge >= 0.3 is 0 Å². The van der Waals surface area contributed by atoms with E-state index < -0.39 is 57.2 Å². The molecule has 0 bridgehead atoms. The van der Waals surface area contributed by atoms with Gasteiger partial charge in [0, 0.05) is 11.4 Å². The summed E-state index contributed by atoms with van der Waals surface area (Å²) >= 11 is 0. The van der Waals surface area contributed by atoms with Crippen LogP contribution in [0.4, 0.5) is 20.2 Å². The molecule has 4 unspecified atom stereocenters. The number of amides is 2. The summed E-state index contributed by atoms with van der Waals surface area (Å²) in [6, 6.07) is 21.2. The summed E-state index contributed by atoms with van der Waals surface area (Å²) in [7, 11) is -3.99. The number of carbonyl (C=O) groups excluding carboxylic acids is 2. The predicted molar refractivity (Wildman–Crippen MR) is 191 cm³/mol. The number of rotatable bonds is 8. The second-order valence-corrected chi connectivity index (χ2v) is 13.9. The van der Waals surface area contributed by atoms with E-state index in [2.05, 4.69) is 30.6 Å². The van der Waals surface area contributed by atoms with Gasteiger partial charge in [-0.15, -0.1) is 0 Å². The van der Waals surface area contributed by atoms with Crippen LogP contribution in [0.2, 0.25) is 0 Å². The first kappa shape index (κ1) is 34.8. The van der Waals surface area contributed by atoms with Gasteiger partial charge in [-0.05, 0) is 97.8 Å². The van der Waals surface area contributed by atoms with Gasteiger partial charge in [-0.2, -0.15) is 0 Å². The van der Waals surface area contributed by atoms with Crippen LogP contribution in [0.15, 0.2) is 127 Å². The van der Waals surface area contributed by atoms with Gasteiger partial charge in [0.05, 0.1) is 33.3 Å². The fourth-order valence-electron chi connectivity index (χ4n) is 5.89. The fraction of sp³-hybridized carbons (Fsp3) is 0.167. The number of nitrogens with zero attached hydrogens (tertiary/aromatic N) is 4. The van der Waals surface area contributed by atoms with Crippen LogP contribution in [0.5, 0.6) is 0 Å². The molecule has 15 heteroatoms. The lowest BCUT2D eigenvalue weighted by molar-refractivity contribution is -0.119. The Bertz CT molecular complexity index is 2070. The minimum Gasteiger partial charge on any atom is -0.368 e. The maximum atomic E-state index is 13.6. The monoisotopic (exact) mass is 710 g/mol. The number of hydrogen-bond acceptors (Lipinski definition) is 10. The summed E-state index contributed by atoms with van der Waals surface area (Å²) in [5, 5.41) is 5.56. The lowest BCUT2D eigenvalue weighted by Gasteiger charge is -2.26. The molecule has 6 rings (SSSR count). The van der Waals surface area contributed by atoms with E-state index in [9.17, 15) is 26.8 Å². The molecule has 0 aromatic heterocycles. The Balaban J connectivity index is 1.14. The zero-order valence-electron chi connectivity index (χ0n) is 27.3. The standard InChI is InChI=1S/C36H32F2N8O4S/c1-19-29(31(45-35(39)41-19)21-3-7-23(37)8-4-21)33(47)43-25-11-15-27(16-12-25)51(49,50)28-17-13-26(14-18-28)44-34(48)30-20(2)42-36(40)46-32(30)22-5-9-24(38)10-6-22/h3-20,29-30H,1-2H3,(H2,39,41)(H2,40,42)(H,43,47)(H,44,48). The highest BCUT2D eigenvalue weighted by molar-refractivity contribution is 7.91. The van der Waals surface area contributed by atoms with Gasteiger partial charge in [0.2, 0.25) is 33.6 Å². The minimum absolute atomic E-state index is 0.000426. The van der Waals surface area contributed by atoms with Crippen molar-refractivity contribution in [3.63, 3.8) is 0 Å². The number of benzene rings is 4. The SMILES string of the molecule is CC1N=C(N)N=C(c2ccc(F)cc2)C1C(=O)Nc1ccc(S(=O)(=O)c2ccc(NC(=O)C3C(c4ccc(F)cc4)=NC(N)=NC3C)cc2)cc1. The molecule has 2 heterocycles. The van der Waals surface area contributed by atoms with Gasteiger partial charge in [0.1, 0.15) is 23.5 Å². The van der Waals surface area contributed by atoms with Crippen LogP contribution < -0.4 is 22.1 Å². The van der Waals surface area contributed by atoms with Crippen molar-refractivity contribution in [2.45, 2.75) is 35.7 Å². The summed E-state index contributed by atoms with van der Waals surface area (Å²) in [5.41, 5.74) is 14.1. The molecular weight excluding hydrogens is 679 g/mol. The van der Waals surface area contributed by atoms with Crippen molar-refractivity contribution in [2.24, 2.45) is 43.3 Å². The Morgan fingerprint density at radius 3 is 1.25 bits per heavy atom. The van der Waals surface area contributed by atoms with Crippen molar-refractivity contribution < 1.29 is 26.8 Å². The molecule has 2 amide bonds. The number of carbonyl (C=O) groups is 2. The van der Waals surface area contributed by atoms with E-state index in [1.54, 1.807) is 13.8 Å². The number of halogens is 2. The number of sulfone groups is 1. The average Bonchev–Trinajstić information content (AvgIpc) is 3.08. The van der Waals surface area contributed by atoms with E-state index >= 15 is 0 Å². The third-order valence-corrected chi connectivity index (χ3v) is 10.2. The van der Waals surface area contributed by atoms with E-state index in [1.165, 1.54) is 97.1 Å². The highest BCUT2D eigenvalue weighted by Crippen LogP contribution is 2.27. The van der Waals surface area contributed by atoms with Gasteiger partial charge in [-0.1, -0.05) is 24.3 Å². The highest BCUT2D eigenvalue weighted by Gasteiger charge is 2.35. The molecule has 260 valence electrons. The number of guanidine groups is 2. The zero-order chi connectivity index (χ0) is 36.4. The number of aliphatic imine (C=N–C) groups is 4. The van der Waals surface area contributed by atoms with Crippen LogP contribution >= 0.6 is 0 Å². The van der Waals surface area contributed by atoms with Crippen LogP contribution in [0.3, 0.4) is 0 Å². The predicted octanol–water partition coefficient (Wildman–Crippen LogP) is 4.32. The minimum atomic E-state index is -3.99. The Kier molecular flexibility index (Phi) is 9.56. The average molecular weight is 711 g/mol. The molecule has 4 aromatic rings. The maximum Gasteiger partial charge on any atom is 0.235 e. The largest absolute Gasteiger partial charge is 0.368 e. The maximum absolute atomic E-state index is 13.6. The smallest absolute Gasteiger partial charge is 0.235 e. The molecular formula is C36H32F2N8O4S. The van der Waals surface area contributed by atoms with Crippen molar-refractivity contribution in [2.75, 3.05) is 10.6 Å². The molecule has 4 atom stereocenters. The molecule has 2 aliphatic rings. The van der Waals surface area contributed by atoms with Crippen LogP contribution in [0, 0.1) is 23.5 Å². The van der Waals surface area contributed by atoms with Gasteiger partial charge in [0.15, 0.2) is 0 Å². The molecule has 2 aliphatic heterocycles. The van der Waals surface area contributed by atoms with Crippen molar-refractivity contribution in [3.05, 3.63) is 120 Å². The van der Waals surface area contributed by atoms with Gasteiger partial charge < -0.3 is 22.1 Å². The normalized spacial score (nSPS) is 20.3. The van der Waals surface area contributed by atoms with E-state index in [0.29, 0.717) is 33.9 Å².